The first-order valence-corrected chi connectivity index (χ1v) is 7.56. The molecule has 2 aromatic rings. The highest BCUT2D eigenvalue weighted by Gasteiger charge is 2.15. The Morgan fingerprint density at radius 2 is 1.63 bits per heavy atom. The van der Waals surface area contributed by atoms with Gasteiger partial charge in [-0.25, -0.2) is 0 Å². The van der Waals surface area contributed by atoms with Crippen LogP contribution in [0, 0.1) is 0 Å². The van der Waals surface area contributed by atoms with E-state index in [1.165, 1.54) is 17.8 Å². The van der Waals surface area contributed by atoms with Crippen LogP contribution >= 0.6 is 11.8 Å². The molecule has 0 aliphatic heterocycles. The lowest BCUT2D eigenvalue weighted by Gasteiger charge is -2.06. The van der Waals surface area contributed by atoms with E-state index in [4.69, 9.17) is 4.55 Å². The Hall–Kier alpha value is -1.63. The molecule has 1 N–H and O–H groups in total. The first-order valence-electron chi connectivity index (χ1n) is 5.30. The van der Waals surface area contributed by atoms with Gasteiger partial charge in [0.2, 0.25) is 0 Å². The fourth-order valence-electron chi connectivity index (χ4n) is 1.49. The minimum Gasteiger partial charge on any atom is -0.298 e. The number of carbonyl (C=O) groups excluding carboxylic acids is 1. The molecule has 0 fully saturated rings. The quantitative estimate of drug-likeness (QED) is 0.693. The van der Waals surface area contributed by atoms with Crippen molar-refractivity contribution in [3.8, 4) is 0 Å². The average Bonchev–Trinajstić information content (AvgIpc) is 2.39. The van der Waals surface area contributed by atoms with Crippen LogP contribution in [0.1, 0.15) is 10.4 Å². The number of carbonyl (C=O) groups is 1. The van der Waals surface area contributed by atoms with Crippen LogP contribution in [0.5, 0.6) is 0 Å². The van der Waals surface area contributed by atoms with Gasteiger partial charge in [-0.05, 0) is 24.3 Å². The number of benzene rings is 2. The first kappa shape index (κ1) is 13.8. The van der Waals surface area contributed by atoms with Crippen LogP contribution in [-0.4, -0.2) is 19.3 Å². The van der Waals surface area contributed by atoms with Gasteiger partial charge in [0, 0.05) is 15.4 Å². The van der Waals surface area contributed by atoms with E-state index in [9.17, 15) is 13.2 Å². The van der Waals surface area contributed by atoms with Gasteiger partial charge in [-0.3, -0.25) is 9.35 Å². The minimum atomic E-state index is -4.24. The normalized spacial score (nSPS) is 11.2. The second-order valence-electron chi connectivity index (χ2n) is 3.71. The molecule has 0 amide bonds. The molecule has 0 heterocycles. The lowest BCUT2D eigenvalue weighted by atomic mass is 10.2. The highest BCUT2D eigenvalue weighted by Crippen LogP contribution is 2.32. The third kappa shape index (κ3) is 3.44. The monoisotopic (exact) mass is 294 g/mol. The molecule has 0 atom stereocenters. The molecule has 0 saturated carbocycles. The summed E-state index contributed by atoms with van der Waals surface area (Å²) < 4.78 is 31.6. The van der Waals surface area contributed by atoms with E-state index >= 15 is 0 Å². The van der Waals surface area contributed by atoms with Gasteiger partial charge in [-0.2, -0.15) is 8.42 Å². The van der Waals surface area contributed by atoms with Gasteiger partial charge in [-0.1, -0.05) is 36.0 Å². The Morgan fingerprint density at radius 3 is 2.21 bits per heavy atom. The average molecular weight is 294 g/mol. The maximum absolute atomic E-state index is 11.2. The molecule has 19 heavy (non-hydrogen) atoms. The summed E-state index contributed by atoms with van der Waals surface area (Å²) in [6.45, 7) is 0. The van der Waals surface area contributed by atoms with Crippen LogP contribution in [0.3, 0.4) is 0 Å². The van der Waals surface area contributed by atoms with Crippen LogP contribution in [0.15, 0.2) is 63.2 Å². The van der Waals surface area contributed by atoms with Crippen molar-refractivity contribution >= 4 is 28.2 Å². The zero-order chi connectivity index (χ0) is 13.9. The molecule has 0 aliphatic rings. The van der Waals surface area contributed by atoms with Gasteiger partial charge in [0.05, 0.1) is 0 Å². The number of aldehydes is 1. The molecular weight excluding hydrogens is 284 g/mol. The predicted molar refractivity (Wildman–Crippen MR) is 72.2 cm³/mol. The van der Waals surface area contributed by atoms with Crippen molar-refractivity contribution in [3.63, 3.8) is 0 Å². The van der Waals surface area contributed by atoms with Gasteiger partial charge >= 0.3 is 0 Å². The van der Waals surface area contributed by atoms with Crippen molar-refractivity contribution in [3.05, 3.63) is 54.1 Å². The van der Waals surface area contributed by atoms with E-state index in [0.29, 0.717) is 10.5 Å². The van der Waals surface area contributed by atoms with Crippen molar-refractivity contribution in [2.45, 2.75) is 14.7 Å². The maximum Gasteiger partial charge on any atom is 0.295 e. The Balaban J connectivity index is 2.35. The van der Waals surface area contributed by atoms with Crippen LogP contribution < -0.4 is 0 Å². The summed E-state index contributed by atoms with van der Waals surface area (Å²) in [5.74, 6) is 0. The molecule has 4 nitrogen and oxygen atoms in total. The summed E-state index contributed by atoms with van der Waals surface area (Å²) in [5, 5.41) is 0. The van der Waals surface area contributed by atoms with Crippen LogP contribution in [0.4, 0.5) is 0 Å². The Morgan fingerprint density at radius 1 is 1.00 bits per heavy atom. The minimum absolute atomic E-state index is 0.125. The SMILES string of the molecule is O=Cc1ccc(Sc2ccccc2S(=O)(=O)O)cc1. The van der Waals surface area contributed by atoms with Crippen molar-refractivity contribution in [2.24, 2.45) is 0 Å². The molecule has 0 bridgehead atoms. The van der Waals surface area contributed by atoms with Crippen LogP contribution in [0.2, 0.25) is 0 Å². The molecule has 0 aromatic heterocycles. The molecule has 0 saturated heterocycles. The zero-order valence-corrected chi connectivity index (χ0v) is 11.3. The molecular formula is C13H10O4S2. The number of hydrogen-bond donors (Lipinski definition) is 1. The second-order valence-corrected chi connectivity index (χ2v) is 6.22. The maximum atomic E-state index is 11.2. The van der Waals surface area contributed by atoms with Gasteiger partial charge < -0.3 is 0 Å². The van der Waals surface area contributed by atoms with Crippen molar-refractivity contribution < 1.29 is 17.8 Å². The van der Waals surface area contributed by atoms with Crippen LogP contribution in [-0.2, 0) is 10.1 Å². The lowest BCUT2D eigenvalue weighted by Crippen LogP contribution is -1.99. The highest BCUT2D eigenvalue weighted by molar-refractivity contribution is 8.00. The summed E-state index contributed by atoms with van der Waals surface area (Å²) in [7, 11) is -4.24. The summed E-state index contributed by atoms with van der Waals surface area (Å²) in [4.78, 5) is 11.6. The van der Waals surface area contributed by atoms with Gasteiger partial charge in [0.1, 0.15) is 11.2 Å². The smallest absolute Gasteiger partial charge is 0.295 e. The number of rotatable bonds is 4. The fraction of sp³-hybridized carbons (Fsp3) is 0. The number of hydrogen-bond acceptors (Lipinski definition) is 4. The summed E-state index contributed by atoms with van der Waals surface area (Å²) >= 11 is 1.21. The predicted octanol–water partition coefficient (Wildman–Crippen LogP) is 2.90. The van der Waals surface area contributed by atoms with E-state index in [-0.39, 0.29) is 4.90 Å². The van der Waals surface area contributed by atoms with E-state index in [1.807, 2.05) is 0 Å². The molecule has 0 aliphatic carbocycles. The highest BCUT2D eigenvalue weighted by atomic mass is 32.2. The summed E-state index contributed by atoms with van der Waals surface area (Å²) in [6.07, 6.45) is 0.737. The van der Waals surface area contributed by atoms with Crippen molar-refractivity contribution in [2.75, 3.05) is 0 Å². The van der Waals surface area contributed by atoms with E-state index < -0.39 is 10.1 Å². The van der Waals surface area contributed by atoms with Gasteiger partial charge in [0.15, 0.2) is 0 Å². The second kappa shape index (κ2) is 5.56. The first-order chi connectivity index (χ1) is 9.00. The largest absolute Gasteiger partial charge is 0.298 e. The van der Waals surface area contributed by atoms with Crippen LogP contribution in [0.25, 0.3) is 0 Å². The molecule has 98 valence electrons. The third-order valence-corrected chi connectivity index (χ3v) is 4.50. The molecule has 6 heteroatoms. The van der Waals surface area contributed by atoms with Crippen molar-refractivity contribution in [1.29, 1.82) is 0 Å². The Kier molecular flexibility index (Phi) is 4.04. The topological polar surface area (TPSA) is 71.4 Å². The fourth-order valence-corrected chi connectivity index (χ4v) is 3.34. The standard InChI is InChI=1S/C13H10O4S2/c14-9-10-5-7-11(8-6-10)18-12-3-1-2-4-13(12)19(15,16)17/h1-9H,(H,15,16,17). The van der Waals surface area contributed by atoms with Gasteiger partial charge in [-0.15, -0.1) is 0 Å². The molecule has 0 unspecified atom stereocenters. The van der Waals surface area contributed by atoms with Crippen molar-refractivity contribution in [1.82, 2.24) is 0 Å². The molecule has 0 radical (unpaired) electrons. The molecule has 2 aromatic carbocycles. The summed E-state index contributed by atoms with van der Waals surface area (Å²) in [5.41, 5.74) is 0.549. The molecule has 2 rings (SSSR count). The Bertz CT molecular complexity index is 691. The van der Waals surface area contributed by atoms with E-state index in [2.05, 4.69) is 0 Å². The van der Waals surface area contributed by atoms with E-state index in [0.717, 1.165) is 11.2 Å². The zero-order valence-electron chi connectivity index (χ0n) is 9.68. The van der Waals surface area contributed by atoms with E-state index in [1.54, 1.807) is 42.5 Å². The summed E-state index contributed by atoms with van der Waals surface area (Å²) in [6, 6.07) is 12.9. The van der Waals surface area contributed by atoms with Gasteiger partial charge in [0.25, 0.3) is 10.1 Å². The Labute approximate surface area is 115 Å². The third-order valence-electron chi connectivity index (χ3n) is 2.37. The molecule has 0 spiro atoms. The lowest BCUT2D eigenvalue weighted by molar-refractivity contribution is 0.112.